The van der Waals surface area contributed by atoms with Crippen LogP contribution >= 0.6 is 0 Å². The zero-order chi connectivity index (χ0) is 16.2. The molecule has 6 nitrogen and oxygen atoms in total. The van der Waals surface area contributed by atoms with Crippen molar-refractivity contribution >= 4 is 9.84 Å². The molecule has 120 valence electrons. The lowest BCUT2D eigenvalue weighted by molar-refractivity contribution is 0.414. The van der Waals surface area contributed by atoms with Crippen molar-refractivity contribution in [3.05, 3.63) is 42.0 Å². The van der Waals surface area contributed by atoms with Gasteiger partial charge in [0.05, 0.1) is 24.7 Å². The summed E-state index contributed by atoms with van der Waals surface area (Å²) in [5, 5.41) is 7.55. The number of rotatable bonds is 7. The Morgan fingerprint density at radius 1 is 1.23 bits per heavy atom. The van der Waals surface area contributed by atoms with Crippen molar-refractivity contribution in [2.75, 3.05) is 12.9 Å². The average molecular weight is 323 g/mol. The van der Waals surface area contributed by atoms with Gasteiger partial charge < -0.3 is 9.30 Å². The summed E-state index contributed by atoms with van der Waals surface area (Å²) in [6.07, 6.45) is 2.00. The molecule has 0 bridgehead atoms. The van der Waals surface area contributed by atoms with E-state index in [0.717, 1.165) is 11.3 Å². The number of sulfone groups is 1. The summed E-state index contributed by atoms with van der Waals surface area (Å²) in [5.74, 6) is 1.57. The summed E-state index contributed by atoms with van der Waals surface area (Å²) in [4.78, 5) is 0. The molecule has 0 spiro atoms. The predicted octanol–water partition coefficient (Wildman–Crippen LogP) is 1.70. The smallest absolute Gasteiger partial charge is 0.153 e. The number of ether oxygens (including phenoxy) is 1. The van der Waals surface area contributed by atoms with Crippen LogP contribution in [-0.2, 0) is 22.8 Å². The number of aryl methyl sites for hydroxylation is 1. The van der Waals surface area contributed by atoms with Gasteiger partial charge in [-0.15, -0.1) is 10.2 Å². The van der Waals surface area contributed by atoms with Crippen LogP contribution in [0.2, 0.25) is 0 Å². The minimum atomic E-state index is -3.07. The van der Waals surface area contributed by atoms with Gasteiger partial charge in [-0.1, -0.05) is 12.1 Å². The molecule has 1 aromatic heterocycles. The summed E-state index contributed by atoms with van der Waals surface area (Å²) >= 11 is 0. The van der Waals surface area contributed by atoms with Gasteiger partial charge in [-0.25, -0.2) is 8.42 Å². The minimum absolute atomic E-state index is 0.0893. The Kier molecular flexibility index (Phi) is 5.18. The Hall–Kier alpha value is -1.89. The van der Waals surface area contributed by atoms with Gasteiger partial charge in [0.1, 0.15) is 17.9 Å². The topological polar surface area (TPSA) is 74.1 Å². The normalized spacial score (nSPS) is 11.8. The highest BCUT2D eigenvalue weighted by Gasteiger charge is 2.17. The number of aromatic nitrogens is 3. The van der Waals surface area contributed by atoms with E-state index in [2.05, 4.69) is 10.2 Å². The Bertz CT molecular complexity index is 706. The van der Waals surface area contributed by atoms with Gasteiger partial charge in [-0.05, 0) is 31.5 Å². The highest BCUT2D eigenvalue weighted by Crippen LogP contribution is 2.13. The molecule has 0 radical (unpaired) electrons. The zero-order valence-electron chi connectivity index (χ0n) is 13.1. The predicted molar refractivity (Wildman–Crippen MR) is 84.7 cm³/mol. The maximum absolute atomic E-state index is 11.9. The molecule has 0 atom stereocenters. The Morgan fingerprint density at radius 2 is 1.91 bits per heavy atom. The van der Waals surface area contributed by atoms with Crippen molar-refractivity contribution in [3.63, 3.8) is 0 Å². The third kappa shape index (κ3) is 4.07. The first-order chi connectivity index (χ1) is 10.4. The van der Waals surface area contributed by atoms with E-state index in [4.69, 9.17) is 4.74 Å². The van der Waals surface area contributed by atoms with Gasteiger partial charge in [-0.2, -0.15) is 0 Å². The van der Waals surface area contributed by atoms with E-state index in [9.17, 15) is 8.42 Å². The standard InChI is InChI=1S/C15H21N3O3S/c1-12(2)22(19,20)9-8-15-17-16-11-18(15)10-13-4-6-14(21-3)7-5-13/h4-7,11-12H,8-10H2,1-3H3. The molecule has 1 aromatic carbocycles. The fourth-order valence-electron chi connectivity index (χ4n) is 2.00. The third-order valence-corrected chi connectivity index (χ3v) is 5.75. The van der Waals surface area contributed by atoms with Crippen LogP contribution in [-0.4, -0.2) is 41.3 Å². The van der Waals surface area contributed by atoms with Crippen LogP contribution < -0.4 is 4.74 Å². The fraction of sp³-hybridized carbons (Fsp3) is 0.467. The molecule has 2 aromatic rings. The molecule has 7 heteroatoms. The molecular weight excluding hydrogens is 302 g/mol. The average Bonchev–Trinajstić information content (AvgIpc) is 2.93. The van der Waals surface area contributed by atoms with E-state index < -0.39 is 9.84 Å². The first-order valence-electron chi connectivity index (χ1n) is 7.13. The lowest BCUT2D eigenvalue weighted by Crippen LogP contribution is -2.20. The monoisotopic (exact) mass is 323 g/mol. The molecule has 22 heavy (non-hydrogen) atoms. The van der Waals surface area contributed by atoms with E-state index >= 15 is 0 Å². The van der Waals surface area contributed by atoms with E-state index in [0.29, 0.717) is 18.8 Å². The van der Waals surface area contributed by atoms with Gasteiger partial charge in [0.2, 0.25) is 0 Å². The van der Waals surface area contributed by atoms with E-state index in [-0.39, 0.29) is 11.0 Å². The molecular formula is C15H21N3O3S. The van der Waals surface area contributed by atoms with Crippen LogP contribution in [0.4, 0.5) is 0 Å². The highest BCUT2D eigenvalue weighted by molar-refractivity contribution is 7.91. The first-order valence-corrected chi connectivity index (χ1v) is 8.85. The number of hydrogen-bond donors (Lipinski definition) is 0. The van der Waals surface area contributed by atoms with Gasteiger partial charge in [0.15, 0.2) is 9.84 Å². The van der Waals surface area contributed by atoms with Gasteiger partial charge in [0, 0.05) is 6.42 Å². The van der Waals surface area contributed by atoms with Crippen LogP contribution in [0.15, 0.2) is 30.6 Å². The maximum atomic E-state index is 11.9. The molecule has 0 N–H and O–H groups in total. The van der Waals surface area contributed by atoms with Crippen LogP contribution in [0, 0.1) is 0 Å². The Morgan fingerprint density at radius 3 is 2.50 bits per heavy atom. The van der Waals surface area contributed by atoms with Crippen molar-refractivity contribution < 1.29 is 13.2 Å². The first kappa shape index (κ1) is 16.5. The minimum Gasteiger partial charge on any atom is -0.497 e. The number of benzene rings is 1. The molecule has 2 rings (SSSR count). The lowest BCUT2D eigenvalue weighted by Gasteiger charge is -2.09. The van der Waals surface area contributed by atoms with Crippen molar-refractivity contribution in [1.29, 1.82) is 0 Å². The second-order valence-electron chi connectivity index (χ2n) is 5.39. The summed E-state index contributed by atoms with van der Waals surface area (Å²) in [6, 6.07) is 7.71. The van der Waals surface area contributed by atoms with Crippen molar-refractivity contribution in [2.24, 2.45) is 0 Å². The third-order valence-electron chi connectivity index (χ3n) is 3.54. The molecule has 0 aliphatic rings. The SMILES string of the molecule is COc1ccc(Cn2cnnc2CCS(=O)(=O)C(C)C)cc1. The van der Waals surface area contributed by atoms with Gasteiger partial charge >= 0.3 is 0 Å². The summed E-state index contributed by atoms with van der Waals surface area (Å²) in [6.45, 7) is 3.99. The fourth-order valence-corrected chi connectivity index (χ4v) is 2.94. The van der Waals surface area contributed by atoms with E-state index in [1.54, 1.807) is 27.3 Å². The van der Waals surface area contributed by atoms with Crippen molar-refractivity contribution in [2.45, 2.75) is 32.1 Å². The van der Waals surface area contributed by atoms with E-state index in [1.807, 2.05) is 28.8 Å². The number of nitrogens with zero attached hydrogens (tertiary/aromatic N) is 3. The molecule has 0 saturated heterocycles. The molecule has 0 unspecified atom stereocenters. The molecule has 0 amide bonds. The van der Waals surface area contributed by atoms with E-state index in [1.165, 1.54) is 0 Å². The quantitative estimate of drug-likeness (QED) is 0.775. The second-order valence-corrected chi connectivity index (χ2v) is 8.07. The maximum Gasteiger partial charge on any atom is 0.153 e. The molecule has 0 fully saturated rings. The second kappa shape index (κ2) is 6.91. The van der Waals surface area contributed by atoms with Crippen LogP contribution in [0.1, 0.15) is 25.2 Å². The van der Waals surface area contributed by atoms with Crippen LogP contribution in [0.3, 0.4) is 0 Å². The van der Waals surface area contributed by atoms with Crippen LogP contribution in [0.25, 0.3) is 0 Å². The molecule has 0 saturated carbocycles. The molecule has 0 aliphatic heterocycles. The van der Waals surface area contributed by atoms with Gasteiger partial charge in [0.25, 0.3) is 0 Å². The lowest BCUT2D eigenvalue weighted by atomic mass is 10.2. The Labute approximate surface area is 131 Å². The van der Waals surface area contributed by atoms with Crippen molar-refractivity contribution in [3.8, 4) is 5.75 Å². The van der Waals surface area contributed by atoms with Crippen LogP contribution in [0.5, 0.6) is 5.75 Å². The Balaban J connectivity index is 2.06. The van der Waals surface area contributed by atoms with Gasteiger partial charge in [-0.3, -0.25) is 0 Å². The summed E-state index contributed by atoms with van der Waals surface area (Å²) in [7, 11) is -1.44. The largest absolute Gasteiger partial charge is 0.497 e. The van der Waals surface area contributed by atoms with Crippen molar-refractivity contribution in [1.82, 2.24) is 14.8 Å². The zero-order valence-corrected chi connectivity index (χ0v) is 13.9. The summed E-state index contributed by atoms with van der Waals surface area (Å²) < 4.78 is 30.8. The summed E-state index contributed by atoms with van der Waals surface area (Å²) in [5.41, 5.74) is 1.08. The number of hydrogen-bond acceptors (Lipinski definition) is 5. The number of methoxy groups -OCH3 is 1. The highest BCUT2D eigenvalue weighted by atomic mass is 32.2. The molecule has 0 aliphatic carbocycles. The molecule has 1 heterocycles.